The first-order valence-corrected chi connectivity index (χ1v) is 9.81. The van der Waals surface area contributed by atoms with Crippen LogP contribution in [0.1, 0.15) is 86.5 Å². The number of unbranched alkanes of at least 4 members (excludes halogenated alkanes) is 2. The molecular weight excluding hydrogens is 287 g/mol. The summed E-state index contributed by atoms with van der Waals surface area (Å²) in [5.41, 5.74) is -0.782. The van der Waals surface area contributed by atoms with Gasteiger partial charge in [-0.2, -0.15) is 0 Å². The number of hydrogen-bond acceptors (Lipinski definition) is 2. The van der Waals surface area contributed by atoms with Crippen LogP contribution < -0.4 is 0 Å². The van der Waals surface area contributed by atoms with Gasteiger partial charge in [-0.15, -0.1) is 0 Å². The fourth-order valence-electron chi connectivity index (χ4n) is 3.46. The molecule has 21 heavy (non-hydrogen) atoms. The van der Waals surface area contributed by atoms with Crippen LogP contribution in [0.2, 0.25) is 0 Å². The predicted octanol–water partition coefficient (Wildman–Crippen LogP) is 5.29. The Morgan fingerprint density at radius 3 is 2.00 bits per heavy atom. The van der Waals surface area contributed by atoms with E-state index in [1.165, 1.54) is 12.8 Å². The highest BCUT2D eigenvalue weighted by molar-refractivity contribution is 7.46. The number of phosphoric ester groups is 1. The Morgan fingerprint density at radius 1 is 1.05 bits per heavy atom. The zero-order valence-corrected chi connectivity index (χ0v) is 15.6. The Kier molecular flexibility index (Phi) is 8.71. The lowest BCUT2D eigenvalue weighted by atomic mass is 9.65. The fourth-order valence-corrected chi connectivity index (χ4v) is 4.26. The van der Waals surface area contributed by atoms with Gasteiger partial charge in [0, 0.05) is 0 Å². The smallest absolute Gasteiger partial charge is 0.303 e. The fraction of sp³-hybridized carbons (Fsp3) is 1.00. The topological polar surface area (TPSA) is 66.8 Å². The summed E-state index contributed by atoms with van der Waals surface area (Å²) < 4.78 is 16.6. The second-order valence-electron chi connectivity index (χ2n) is 7.04. The van der Waals surface area contributed by atoms with Crippen molar-refractivity contribution in [3.8, 4) is 0 Å². The van der Waals surface area contributed by atoms with E-state index in [-0.39, 0.29) is 11.3 Å². The van der Waals surface area contributed by atoms with Crippen LogP contribution in [0.25, 0.3) is 0 Å². The van der Waals surface area contributed by atoms with E-state index in [0.29, 0.717) is 6.42 Å². The van der Waals surface area contributed by atoms with Crippen LogP contribution in [0.5, 0.6) is 0 Å². The van der Waals surface area contributed by atoms with Crippen LogP contribution in [0.4, 0.5) is 0 Å². The number of phosphoric acid groups is 1. The molecule has 0 bridgehead atoms. The number of hydrogen-bond donors (Lipinski definition) is 2. The van der Waals surface area contributed by atoms with E-state index < -0.39 is 13.4 Å². The summed E-state index contributed by atoms with van der Waals surface area (Å²) in [4.78, 5) is 18.5. The predicted molar refractivity (Wildman–Crippen MR) is 88.1 cm³/mol. The quantitative estimate of drug-likeness (QED) is 0.401. The Balaban J connectivity index is 5.26. The number of rotatable bonds is 11. The normalized spacial score (nSPS) is 17.5. The molecule has 2 atom stereocenters. The van der Waals surface area contributed by atoms with Crippen LogP contribution in [0, 0.1) is 11.3 Å². The lowest BCUT2D eigenvalue weighted by Crippen LogP contribution is -2.44. The highest BCUT2D eigenvalue weighted by atomic mass is 31.2. The lowest BCUT2D eigenvalue weighted by Gasteiger charge is -2.46. The van der Waals surface area contributed by atoms with Gasteiger partial charge in [0.05, 0.1) is 5.60 Å². The molecule has 0 fully saturated rings. The highest BCUT2D eigenvalue weighted by Gasteiger charge is 2.45. The maximum absolute atomic E-state index is 11.4. The van der Waals surface area contributed by atoms with Crippen molar-refractivity contribution in [2.24, 2.45) is 11.3 Å². The van der Waals surface area contributed by atoms with Gasteiger partial charge >= 0.3 is 7.82 Å². The highest BCUT2D eigenvalue weighted by Crippen LogP contribution is 2.52. The van der Waals surface area contributed by atoms with Gasteiger partial charge in [0.15, 0.2) is 0 Å². The molecule has 2 unspecified atom stereocenters. The minimum absolute atomic E-state index is 0.00507. The molecule has 0 aliphatic rings. The summed E-state index contributed by atoms with van der Waals surface area (Å²) >= 11 is 0. The van der Waals surface area contributed by atoms with E-state index in [1.54, 1.807) is 0 Å². The molecule has 5 heteroatoms. The summed E-state index contributed by atoms with van der Waals surface area (Å²) in [5.74, 6) is 0.129. The molecule has 0 spiro atoms. The van der Waals surface area contributed by atoms with E-state index in [0.717, 1.165) is 25.7 Å². The van der Waals surface area contributed by atoms with Crippen LogP contribution in [0.3, 0.4) is 0 Å². The van der Waals surface area contributed by atoms with Crippen LogP contribution in [0.15, 0.2) is 0 Å². The van der Waals surface area contributed by atoms with Gasteiger partial charge in [-0.3, -0.25) is 4.52 Å². The molecule has 0 aromatic carbocycles. The summed E-state index contributed by atoms with van der Waals surface area (Å²) in [5, 5.41) is 0. The summed E-state index contributed by atoms with van der Waals surface area (Å²) in [7, 11) is -4.48. The van der Waals surface area contributed by atoms with Crippen molar-refractivity contribution in [1.82, 2.24) is 0 Å². The molecule has 0 heterocycles. The van der Waals surface area contributed by atoms with Crippen LogP contribution in [-0.4, -0.2) is 15.4 Å². The van der Waals surface area contributed by atoms with E-state index >= 15 is 0 Å². The molecule has 0 radical (unpaired) electrons. The first kappa shape index (κ1) is 21.1. The van der Waals surface area contributed by atoms with Gasteiger partial charge in [0.25, 0.3) is 0 Å². The Labute approximate surface area is 130 Å². The average Bonchev–Trinajstić information content (AvgIpc) is 2.33. The largest absolute Gasteiger partial charge is 0.470 e. The van der Waals surface area contributed by atoms with E-state index in [2.05, 4.69) is 27.7 Å². The molecule has 128 valence electrons. The van der Waals surface area contributed by atoms with Gasteiger partial charge in [-0.1, -0.05) is 60.3 Å². The van der Waals surface area contributed by atoms with E-state index in [9.17, 15) is 14.4 Å². The molecule has 0 aromatic rings. The molecule has 0 amide bonds. The van der Waals surface area contributed by atoms with Crippen molar-refractivity contribution in [2.45, 2.75) is 92.1 Å². The Morgan fingerprint density at radius 2 is 1.62 bits per heavy atom. The van der Waals surface area contributed by atoms with Crippen LogP contribution in [-0.2, 0) is 9.09 Å². The third kappa shape index (κ3) is 7.27. The average molecular weight is 322 g/mol. The minimum Gasteiger partial charge on any atom is -0.303 e. The summed E-state index contributed by atoms with van der Waals surface area (Å²) in [6, 6.07) is 0. The lowest BCUT2D eigenvalue weighted by molar-refractivity contribution is -0.0584. The van der Waals surface area contributed by atoms with Crippen molar-refractivity contribution in [2.75, 3.05) is 0 Å². The zero-order chi connectivity index (χ0) is 16.7. The van der Waals surface area contributed by atoms with E-state index in [4.69, 9.17) is 4.52 Å². The maximum Gasteiger partial charge on any atom is 0.470 e. The molecule has 4 nitrogen and oxygen atoms in total. The monoisotopic (exact) mass is 322 g/mol. The molecular formula is C16H35O4P. The first-order chi connectivity index (χ1) is 9.52. The SMILES string of the molecule is CCCCCC(C)(C)C(CCC)C(C)(CC)OP(=O)(O)O. The standard InChI is InChI=1S/C16H35O4P/c1-7-10-11-13-15(4,5)14(12-8-2)16(6,9-3)20-21(17,18)19/h14H,7-13H2,1-6H3,(H2,17,18,19). The van der Waals surface area contributed by atoms with Crippen molar-refractivity contribution >= 4 is 7.82 Å². The van der Waals surface area contributed by atoms with E-state index in [1.807, 2.05) is 13.8 Å². The molecule has 0 aliphatic heterocycles. The Bertz CT molecular complexity index is 337. The molecule has 0 saturated carbocycles. The van der Waals surface area contributed by atoms with Gasteiger partial charge in [-0.25, -0.2) is 4.57 Å². The molecule has 0 rings (SSSR count). The van der Waals surface area contributed by atoms with Crippen LogP contribution >= 0.6 is 7.82 Å². The molecule has 0 saturated heterocycles. The zero-order valence-electron chi connectivity index (χ0n) is 14.7. The van der Waals surface area contributed by atoms with Gasteiger partial charge in [0.1, 0.15) is 0 Å². The second-order valence-corrected chi connectivity index (χ2v) is 8.20. The molecule has 0 aromatic heterocycles. The molecule has 2 N–H and O–H groups in total. The van der Waals surface area contributed by atoms with Crippen molar-refractivity contribution in [3.05, 3.63) is 0 Å². The first-order valence-electron chi connectivity index (χ1n) is 8.28. The third-order valence-corrected chi connectivity index (χ3v) is 5.37. The Hall–Kier alpha value is 0.110. The summed E-state index contributed by atoms with van der Waals surface area (Å²) in [6.45, 7) is 12.5. The van der Waals surface area contributed by atoms with Gasteiger partial charge in [-0.05, 0) is 37.5 Å². The van der Waals surface area contributed by atoms with Crippen molar-refractivity contribution < 1.29 is 18.9 Å². The van der Waals surface area contributed by atoms with Crippen molar-refractivity contribution in [1.29, 1.82) is 0 Å². The third-order valence-electron chi connectivity index (χ3n) is 4.71. The minimum atomic E-state index is -4.48. The second kappa shape index (κ2) is 8.67. The summed E-state index contributed by atoms with van der Waals surface area (Å²) in [6.07, 6.45) is 7.10. The molecule has 0 aliphatic carbocycles. The maximum atomic E-state index is 11.4. The van der Waals surface area contributed by atoms with Crippen molar-refractivity contribution in [3.63, 3.8) is 0 Å². The van der Waals surface area contributed by atoms with Gasteiger partial charge in [0.2, 0.25) is 0 Å². The van der Waals surface area contributed by atoms with Gasteiger partial charge < -0.3 is 9.79 Å².